The van der Waals surface area contributed by atoms with Crippen LogP contribution in [-0.2, 0) is 4.74 Å². The number of benzene rings is 1. The molecule has 1 aliphatic heterocycles. The van der Waals surface area contributed by atoms with Crippen LogP contribution in [-0.4, -0.2) is 25.8 Å². The van der Waals surface area contributed by atoms with Crippen molar-refractivity contribution in [3.05, 3.63) is 28.2 Å². The van der Waals surface area contributed by atoms with E-state index in [4.69, 9.17) is 10.5 Å². The summed E-state index contributed by atoms with van der Waals surface area (Å²) in [6, 6.07) is 6.39. The first kappa shape index (κ1) is 14.8. The number of halogens is 1. The molecule has 2 rings (SSSR count). The Morgan fingerprint density at radius 1 is 1.47 bits per heavy atom. The van der Waals surface area contributed by atoms with Crippen molar-refractivity contribution in [1.29, 1.82) is 0 Å². The molecular weight excluding hydrogens is 304 g/mol. The minimum absolute atomic E-state index is 0.0308. The van der Waals surface area contributed by atoms with Crippen LogP contribution < -0.4 is 10.6 Å². The standard InChI is InChI=1S/C15H23BrN2O/c1-11(17)13-9-12(16)5-6-14(13)18-8-4-7-15(2,10-18)19-3/h5-6,9,11H,4,7-8,10,17H2,1-3H3. The predicted octanol–water partition coefficient (Wildman–Crippen LogP) is 3.47. The maximum Gasteiger partial charge on any atom is 0.0825 e. The zero-order chi connectivity index (χ0) is 14.0. The second kappa shape index (κ2) is 5.81. The molecule has 2 atom stereocenters. The number of anilines is 1. The third-order valence-electron chi connectivity index (χ3n) is 3.97. The Morgan fingerprint density at radius 2 is 2.21 bits per heavy atom. The molecule has 0 amide bonds. The fourth-order valence-electron chi connectivity index (χ4n) is 2.76. The van der Waals surface area contributed by atoms with Gasteiger partial charge in [-0.15, -0.1) is 0 Å². The summed E-state index contributed by atoms with van der Waals surface area (Å²) >= 11 is 3.53. The van der Waals surface area contributed by atoms with E-state index in [0.29, 0.717) is 0 Å². The second-order valence-electron chi connectivity index (χ2n) is 5.67. The molecule has 0 saturated carbocycles. The maximum absolute atomic E-state index is 6.11. The van der Waals surface area contributed by atoms with Crippen molar-refractivity contribution >= 4 is 21.6 Å². The van der Waals surface area contributed by atoms with Gasteiger partial charge in [0.25, 0.3) is 0 Å². The Hall–Kier alpha value is -0.580. The Kier molecular flexibility index (Phi) is 4.54. The molecule has 0 radical (unpaired) electrons. The molecule has 1 saturated heterocycles. The van der Waals surface area contributed by atoms with Gasteiger partial charge in [0, 0.05) is 36.4 Å². The Balaban J connectivity index is 2.31. The van der Waals surface area contributed by atoms with Gasteiger partial charge in [0.05, 0.1) is 5.60 Å². The molecule has 0 aromatic heterocycles. The third kappa shape index (κ3) is 3.30. The fraction of sp³-hybridized carbons (Fsp3) is 0.600. The highest BCUT2D eigenvalue weighted by Gasteiger charge is 2.31. The van der Waals surface area contributed by atoms with E-state index in [9.17, 15) is 0 Å². The number of nitrogens with zero attached hydrogens (tertiary/aromatic N) is 1. The minimum atomic E-state index is -0.0551. The Bertz CT molecular complexity index is 450. The zero-order valence-corrected chi connectivity index (χ0v) is 13.5. The van der Waals surface area contributed by atoms with Crippen LogP contribution in [0.3, 0.4) is 0 Å². The smallest absolute Gasteiger partial charge is 0.0825 e. The van der Waals surface area contributed by atoms with Gasteiger partial charge in [0.1, 0.15) is 0 Å². The van der Waals surface area contributed by atoms with Crippen LogP contribution in [0.5, 0.6) is 0 Å². The van der Waals surface area contributed by atoms with Gasteiger partial charge in [-0.25, -0.2) is 0 Å². The number of piperidine rings is 1. The molecule has 1 heterocycles. The van der Waals surface area contributed by atoms with Crippen LogP contribution in [0.15, 0.2) is 22.7 Å². The first-order valence-corrected chi connectivity index (χ1v) is 7.59. The summed E-state index contributed by atoms with van der Waals surface area (Å²) in [5.41, 5.74) is 8.48. The van der Waals surface area contributed by atoms with Crippen molar-refractivity contribution in [1.82, 2.24) is 0 Å². The molecule has 0 aliphatic carbocycles. The number of methoxy groups -OCH3 is 1. The lowest BCUT2D eigenvalue weighted by molar-refractivity contribution is -0.00469. The van der Waals surface area contributed by atoms with E-state index >= 15 is 0 Å². The zero-order valence-electron chi connectivity index (χ0n) is 11.9. The molecular formula is C15H23BrN2O. The molecule has 2 N–H and O–H groups in total. The van der Waals surface area contributed by atoms with Crippen molar-refractivity contribution < 1.29 is 4.74 Å². The average Bonchev–Trinajstić information content (AvgIpc) is 2.38. The molecule has 3 nitrogen and oxygen atoms in total. The van der Waals surface area contributed by atoms with Crippen LogP contribution in [0.4, 0.5) is 5.69 Å². The summed E-state index contributed by atoms with van der Waals surface area (Å²) in [6.07, 6.45) is 2.27. The lowest BCUT2D eigenvalue weighted by atomic mass is 9.93. The van der Waals surface area contributed by atoms with Crippen molar-refractivity contribution in [2.75, 3.05) is 25.1 Å². The number of hydrogen-bond donors (Lipinski definition) is 1. The molecule has 106 valence electrons. The van der Waals surface area contributed by atoms with Crippen molar-refractivity contribution in [2.24, 2.45) is 5.73 Å². The summed E-state index contributed by atoms with van der Waals surface area (Å²) < 4.78 is 6.75. The van der Waals surface area contributed by atoms with E-state index < -0.39 is 0 Å². The van der Waals surface area contributed by atoms with E-state index in [1.807, 2.05) is 6.92 Å². The molecule has 19 heavy (non-hydrogen) atoms. The summed E-state index contributed by atoms with van der Waals surface area (Å²) in [5, 5.41) is 0. The highest BCUT2D eigenvalue weighted by atomic mass is 79.9. The number of nitrogens with two attached hydrogens (primary N) is 1. The number of rotatable bonds is 3. The van der Waals surface area contributed by atoms with Crippen LogP contribution in [0, 0.1) is 0 Å². The number of ether oxygens (including phenoxy) is 1. The molecule has 1 aliphatic rings. The topological polar surface area (TPSA) is 38.5 Å². The highest BCUT2D eigenvalue weighted by molar-refractivity contribution is 9.10. The summed E-state index contributed by atoms with van der Waals surface area (Å²) in [4.78, 5) is 2.40. The number of hydrogen-bond acceptors (Lipinski definition) is 3. The Morgan fingerprint density at radius 3 is 2.84 bits per heavy atom. The van der Waals surface area contributed by atoms with Crippen molar-refractivity contribution in [3.63, 3.8) is 0 Å². The van der Waals surface area contributed by atoms with Gasteiger partial charge in [0.15, 0.2) is 0 Å². The second-order valence-corrected chi connectivity index (χ2v) is 6.59. The van der Waals surface area contributed by atoms with E-state index in [1.54, 1.807) is 7.11 Å². The lowest BCUT2D eigenvalue weighted by Crippen LogP contribution is -2.47. The van der Waals surface area contributed by atoms with Crippen LogP contribution >= 0.6 is 15.9 Å². The lowest BCUT2D eigenvalue weighted by Gasteiger charge is -2.41. The Labute approximate surface area is 124 Å². The van der Waals surface area contributed by atoms with Gasteiger partial charge in [-0.05, 0) is 50.5 Å². The minimum Gasteiger partial charge on any atom is -0.377 e. The maximum atomic E-state index is 6.11. The largest absolute Gasteiger partial charge is 0.377 e. The first-order valence-electron chi connectivity index (χ1n) is 6.80. The molecule has 2 unspecified atom stereocenters. The molecule has 1 fully saturated rings. The highest BCUT2D eigenvalue weighted by Crippen LogP contribution is 2.33. The van der Waals surface area contributed by atoms with Crippen molar-refractivity contribution in [3.8, 4) is 0 Å². The predicted molar refractivity (Wildman–Crippen MR) is 83.6 cm³/mol. The van der Waals surface area contributed by atoms with Gasteiger partial charge in [-0.3, -0.25) is 0 Å². The third-order valence-corrected chi connectivity index (χ3v) is 4.47. The molecule has 4 heteroatoms. The van der Waals surface area contributed by atoms with Gasteiger partial charge < -0.3 is 15.4 Å². The summed E-state index contributed by atoms with van der Waals surface area (Å²) in [7, 11) is 1.80. The molecule has 1 aromatic rings. The van der Waals surface area contributed by atoms with E-state index in [2.05, 4.69) is 46.0 Å². The van der Waals surface area contributed by atoms with Gasteiger partial charge >= 0.3 is 0 Å². The molecule has 0 spiro atoms. The van der Waals surface area contributed by atoms with Crippen LogP contribution in [0.2, 0.25) is 0 Å². The monoisotopic (exact) mass is 326 g/mol. The van der Waals surface area contributed by atoms with Gasteiger partial charge in [-0.1, -0.05) is 15.9 Å². The first-order chi connectivity index (χ1) is 8.95. The quantitative estimate of drug-likeness (QED) is 0.924. The molecule has 0 bridgehead atoms. The summed E-state index contributed by atoms with van der Waals surface area (Å²) in [5.74, 6) is 0. The molecule has 1 aromatic carbocycles. The average molecular weight is 327 g/mol. The van der Waals surface area contributed by atoms with E-state index in [1.165, 1.54) is 11.3 Å². The van der Waals surface area contributed by atoms with E-state index in [-0.39, 0.29) is 11.6 Å². The SMILES string of the molecule is COC1(C)CCCN(c2ccc(Br)cc2C(C)N)C1. The van der Waals surface area contributed by atoms with Gasteiger partial charge in [-0.2, -0.15) is 0 Å². The van der Waals surface area contributed by atoms with E-state index in [0.717, 1.165) is 30.4 Å². The summed E-state index contributed by atoms with van der Waals surface area (Å²) in [6.45, 7) is 6.21. The normalized spacial score (nSPS) is 25.4. The fourth-order valence-corrected chi connectivity index (χ4v) is 3.13. The van der Waals surface area contributed by atoms with Crippen LogP contribution in [0.25, 0.3) is 0 Å². The van der Waals surface area contributed by atoms with Gasteiger partial charge in [0.2, 0.25) is 0 Å². The van der Waals surface area contributed by atoms with Crippen molar-refractivity contribution in [2.45, 2.75) is 38.3 Å². The van der Waals surface area contributed by atoms with Crippen LogP contribution in [0.1, 0.15) is 38.3 Å².